The van der Waals surface area contributed by atoms with Crippen molar-refractivity contribution in [1.29, 1.82) is 0 Å². The van der Waals surface area contributed by atoms with Crippen molar-refractivity contribution in [3.05, 3.63) is 33.9 Å². The number of aromatic amines is 1. The Kier molecular flexibility index (Phi) is 2.09. The summed E-state index contributed by atoms with van der Waals surface area (Å²) < 4.78 is 1.43. The van der Waals surface area contributed by atoms with Crippen LogP contribution in [0.4, 0.5) is 0 Å². The van der Waals surface area contributed by atoms with Gasteiger partial charge in [0.2, 0.25) is 0 Å². The molecular formula is C9H12N4O. The lowest BCUT2D eigenvalue weighted by Gasteiger charge is -1.95. The van der Waals surface area contributed by atoms with Crippen LogP contribution in [0.5, 0.6) is 0 Å². The molecule has 0 bridgehead atoms. The Balaban J connectivity index is 2.73. The second-order valence-electron chi connectivity index (χ2n) is 3.12. The Morgan fingerprint density at radius 1 is 1.57 bits per heavy atom. The number of hydrogen-bond donors (Lipinski definition) is 2. The van der Waals surface area contributed by atoms with Crippen molar-refractivity contribution in [2.75, 3.05) is 0 Å². The van der Waals surface area contributed by atoms with Crippen LogP contribution in [0.3, 0.4) is 0 Å². The largest absolute Gasteiger partial charge is 0.325 e. The predicted octanol–water partition coefficient (Wildman–Crippen LogP) is 0.0437. The standard InChI is InChI=1S/C9H12N4O/c1-2-6-3-8-11-7(5-10)4-9(14)13(8)12-6/h3-4,12H,2,5,10H2,1H3. The van der Waals surface area contributed by atoms with E-state index in [2.05, 4.69) is 10.1 Å². The Hall–Kier alpha value is -1.62. The van der Waals surface area contributed by atoms with Gasteiger partial charge in [-0.25, -0.2) is 9.50 Å². The molecule has 2 aromatic rings. The van der Waals surface area contributed by atoms with Crippen LogP contribution in [-0.4, -0.2) is 14.6 Å². The molecule has 0 aliphatic rings. The number of H-pyrrole nitrogens is 1. The van der Waals surface area contributed by atoms with Gasteiger partial charge in [0.25, 0.3) is 5.56 Å². The quantitative estimate of drug-likeness (QED) is 0.705. The Morgan fingerprint density at radius 2 is 2.36 bits per heavy atom. The van der Waals surface area contributed by atoms with E-state index in [1.54, 1.807) is 0 Å². The first kappa shape index (κ1) is 8.96. The Labute approximate surface area is 80.6 Å². The van der Waals surface area contributed by atoms with Crippen LogP contribution >= 0.6 is 0 Å². The average Bonchev–Trinajstić information content (AvgIpc) is 2.61. The maximum Gasteiger partial charge on any atom is 0.272 e. The highest BCUT2D eigenvalue weighted by Crippen LogP contribution is 2.02. The zero-order valence-electron chi connectivity index (χ0n) is 7.95. The molecule has 0 aliphatic heterocycles. The van der Waals surface area contributed by atoms with Gasteiger partial charge in [0.15, 0.2) is 5.65 Å². The minimum Gasteiger partial charge on any atom is -0.325 e. The molecule has 5 heteroatoms. The zero-order valence-corrected chi connectivity index (χ0v) is 7.95. The normalized spacial score (nSPS) is 11.0. The third kappa shape index (κ3) is 1.31. The van der Waals surface area contributed by atoms with Gasteiger partial charge in [-0.1, -0.05) is 6.92 Å². The molecule has 0 aliphatic carbocycles. The van der Waals surface area contributed by atoms with Crippen LogP contribution in [0.15, 0.2) is 16.9 Å². The molecule has 0 fully saturated rings. The number of nitrogens with zero attached hydrogens (tertiary/aromatic N) is 2. The summed E-state index contributed by atoms with van der Waals surface area (Å²) in [6.45, 7) is 2.30. The fourth-order valence-corrected chi connectivity index (χ4v) is 1.38. The fraction of sp³-hybridized carbons (Fsp3) is 0.333. The number of aromatic nitrogens is 3. The molecule has 2 rings (SSSR count). The number of aryl methyl sites for hydroxylation is 1. The molecule has 0 saturated heterocycles. The van der Waals surface area contributed by atoms with Crippen molar-refractivity contribution in [1.82, 2.24) is 14.6 Å². The summed E-state index contributed by atoms with van der Waals surface area (Å²) in [5.41, 5.74) is 7.56. The van der Waals surface area contributed by atoms with Crippen molar-refractivity contribution in [3.63, 3.8) is 0 Å². The number of hydrogen-bond acceptors (Lipinski definition) is 3. The maximum absolute atomic E-state index is 11.5. The average molecular weight is 192 g/mol. The second-order valence-corrected chi connectivity index (χ2v) is 3.12. The maximum atomic E-state index is 11.5. The van der Waals surface area contributed by atoms with Gasteiger partial charge >= 0.3 is 0 Å². The van der Waals surface area contributed by atoms with Crippen LogP contribution in [0.1, 0.15) is 18.3 Å². The molecule has 2 aromatic heterocycles. The van der Waals surface area contributed by atoms with Gasteiger partial charge in [-0.3, -0.25) is 9.89 Å². The molecular weight excluding hydrogens is 180 g/mol. The topological polar surface area (TPSA) is 76.2 Å². The molecule has 0 spiro atoms. The van der Waals surface area contributed by atoms with E-state index in [0.29, 0.717) is 17.9 Å². The van der Waals surface area contributed by atoms with E-state index in [-0.39, 0.29) is 5.56 Å². The highest BCUT2D eigenvalue weighted by molar-refractivity contribution is 5.39. The van der Waals surface area contributed by atoms with Crippen LogP contribution in [0, 0.1) is 0 Å². The minimum atomic E-state index is -0.116. The molecule has 2 heterocycles. The predicted molar refractivity (Wildman–Crippen MR) is 53.1 cm³/mol. The summed E-state index contributed by atoms with van der Waals surface area (Å²) in [4.78, 5) is 15.8. The fourth-order valence-electron chi connectivity index (χ4n) is 1.38. The monoisotopic (exact) mass is 192 g/mol. The van der Waals surface area contributed by atoms with E-state index < -0.39 is 0 Å². The van der Waals surface area contributed by atoms with Crippen LogP contribution in [0.25, 0.3) is 5.65 Å². The SMILES string of the molecule is CCc1cc2nc(CN)cc(=O)n2[nH]1. The van der Waals surface area contributed by atoms with Crippen molar-refractivity contribution in [3.8, 4) is 0 Å². The lowest BCUT2D eigenvalue weighted by molar-refractivity contribution is 0.841. The first-order chi connectivity index (χ1) is 6.74. The van der Waals surface area contributed by atoms with Gasteiger partial charge in [-0.15, -0.1) is 0 Å². The summed E-state index contributed by atoms with van der Waals surface area (Å²) in [6, 6.07) is 3.31. The molecule has 0 atom stereocenters. The van der Waals surface area contributed by atoms with E-state index in [9.17, 15) is 4.79 Å². The van der Waals surface area contributed by atoms with E-state index >= 15 is 0 Å². The van der Waals surface area contributed by atoms with Gasteiger partial charge < -0.3 is 5.73 Å². The summed E-state index contributed by atoms with van der Waals surface area (Å²) in [5.74, 6) is 0. The third-order valence-corrected chi connectivity index (χ3v) is 2.15. The van der Waals surface area contributed by atoms with Gasteiger partial charge in [-0.05, 0) is 6.42 Å². The Bertz CT molecular complexity index is 511. The second kappa shape index (κ2) is 3.26. The Morgan fingerprint density at radius 3 is 3.00 bits per heavy atom. The van der Waals surface area contributed by atoms with E-state index in [1.165, 1.54) is 10.6 Å². The van der Waals surface area contributed by atoms with Gasteiger partial charge in [-0.2, -0.15) is 0 Å². The lowest BCUT2D eigenvalue weighted by atomic mass is 10.3. The number of nitrogens with one attached hydrogen (secondary N) is 1. The zero-order chi connectivity index (χ0) is 10.1. The first-order valence-corrected chi connectivity index (χ1v) is 4.55. The summed E-state index contributed by atoms with van der Waals surface area (Å²) >= 11 is 0. The summed E-state index contributed by atoms with van der Waals surface area (Å²) in [5, 5.41) is 2.97. The molecule has 0 unspecified atom stereocenters. The molecule has 0 amide bonds. The molecule has 0 radical (unpaired) electrons. The third-order valence-electron chi connectivity index (χ3n) is 2.15. The number of rotatable bonds is 2. The number of nitrogens with two attached hydrogens (primary N) is 1. The van der Waals surface area contributed by atoms with Crippen LogP contribution < -0.4 is 11.3 Å². The van der Waals surface area contributed by atoms with Crippen molar-refractivity contribution in [2.45, 2.75) is 19.9 Å². The number of fused-ring (bicyclic) bond motifs is 1. The molecule has 3 N–H and O–H groups in total. The smallest absolute Gasteiger partial charge is 0.272 e. The summed E-state index contributed by atoms with van der Waals surface area (Å²) in [7, 11) is 0. The lowest BCUT2D eigenvalue weighted by Crippen LogP contribution is -2.16. The molecule has 14 heavy (non-hydrogen) atoms. The molecule has 74 valence electrons. The highest BCUT2D eigenvalue weighted by Gasteiger charge is 2.03. The molecule has 0 saturated carbocycles. The van der Waals surface area contributed by atoms with Crippen molar-refractivity contribution < 1.29 is 0 Å². The molecule has 0 aromatic carbocycles. The van der Waals surface area contributed by atoms with E-state index in [1.807, 2.05) is 13.0 Å². The van der Waals surface area contributed by atoms with Gasteiger partial charge in [0.05, 0.1) is 5.69 Å². The molecule has 5 nitrogen and oxygen atoms in total. The van der Waals surface area contributed by atoms with E-state index in [0.717, 1.165) is 12.1 Å². The van der Waals surface area contributed by atoms with Gasteiger partial charge in [0, 0.05) is 24.4 Å². The highest BCUT2D eigenvalue weighted by atomic mass is 16.1. The van der Waals surface area contributed by atoms with Crippen LogP contribution in [0.2, 0.25) is 0 Å². The summed E-state index contributed by atoms with van der Waals surface area (Å²) in [6.07, 6.45) is 0.848. The minimum absolute atomic E-state index is 0.116. The van der Waals surface area contributed by atoms with Crippen molar-refractivity contribution in [2.24, 2.45) is 5.73 Å². The first-order valence-electron chi connectivity index (χ1n) is 4.55. The van der Waals surface area contributed by atoms with Crippen LogP contribution in [-0.2, 0) is 13.0 Å². The van der Waals surface area contributed by atoms with Crippen molar-refractivity contribution >= 4 is 5.65 Å². The van der Waals surface area contributed by atoms with E-state index in [4.69, 9.17) is 5.73 Å². The van der Waals surface area contributed by atoms with Gasteiger partial charge in [0.1, 0.15) is 0 Å².